The summed E-state index contributed by atoms with van der Waals surface area (Å²) in [7, 11) is 2.16. The Morgan fingerprint density at radius 1 is 1.18 bits per heavy atom. The van der Waals surface area contributed by atoms with E-state index in [1.54, 1.807) is 6.07 Å². The number of aromatic nitrogens is 4. The molecule has 0 amide bonds. The number of carboxylic acids is 1. The average Bonchev–Trinajstić information content (AvgIpc) is 3.23. The first-order valence-electron chi connectivity index (χ1n) is 10.1. The molecule has 0 bridgehead atoms. The Hall–Kier alpha value is -3.67. The van der Waals surface area contributed by atoms with Crippen LogP contribution in [0, 0.1) is 0 Å². The molecule has 0 radical (unpaired) electrons. The Labute approximate surface area is 187 Å². The Morgan fingerprint density at radius 2 is 1.85 bits per heavy atom. The third-order valence-electron chi connectivity index (χ3n) is 4.79. The summed E-state index contributed by atoms with van der Waals surface area (Å²) < 4.78 is 39.5. The SMILES string of the molecule is CN1CCC(n2cc(Nc3cc(Oc4ccccc4)ncn3)cn2)CC1.O=C(O)C(F)(F)F. The van der Waals surface area contributed by atoms with Crippen LogP contribution in [-0.4, -0.2) is 62.0 Å². The van der Waals surface area contributed by atoms with Crippen molar-refractivity contribution < 1.29 is 27.8 Å². The van der Waals surface area contributed by atoms with Crippen LogP contribution in [0.25, 0.3) is 0 Å². The molecule has 0 aliphatic carbocycles. The highest BCUT2D eigenvalue weighted by molar-refractivity contribution is 5.73. The van der Waals surface area contributed by atoms with E-state index in [0.29, 0.717) is 17.7 Å². The molecule has 0 saturated carbocycles. The predicted molar refractivity (Wildman–Crippen MR) is 114 cm³/mol. The number of para-hydroxylation sites is 1. The number of hydrogen-bond acceptors (Lipinski definition) is 7. The van der Waals surface area contributed by atoms with Gasteiger partial charge in [0, 0.05) is 12.3 Å². The first-order chi connectivity index (χ1) is 15.7. The molecule has 1 aliphatic heterocycles. The van der Waals surface area contributed by atoms with E-state index in [0.717, 1.165) is 37.4 Å². The van der Waals surface area contributed by atoms with E-state index < -0.39 is 12.1 Å². The molecule has 1 aliphatic rings. The van der Waals surface area contributed by atoms with Crippen LogP contribution >= 0.6 is 0 Å². The second-order valence-electron chi connectivity index (χ2n) is 7.33. The number of rotatable bonds is 5. The second kappa shape index (κ2) is 10.8. The molecule has 3 aromatic rings. The van der Waals surface area contributed by atoms with Crippen molar-refractivity contribution >= 4 is 17.5 Å². The molecule has 9 nitrogen and oxygen atoms in total. The Kier molecular flexibility index (Phi) is 7.83. The smallest absolute Gasteiger partial charge is 0.475 e. The van der Waals surface area contributed by atoms with Crippen molar-refractivity contribution in [3.8, 4) is 11.6 Å². The number of likely N-dealkylation sites (tertiary alicyclic amines) is 1. The molecule has 1 fully saturated rings. The van der Waals surface area contributed by atoms with Crippen LogP contribution in [-0.2, 0) is 4.79 Å². The molecule has 3 heterocycles. The van der Waals surface area contributed by atoms with Gasteiger partial charge in [0.2, 0.25) is 5.88 Å². The fourth-order valence-corrected chi connectivity index (χ4v) is 3.08. The molecular formula is C21H23F3N6O3. The van der Waals surface area contributed by atoms with Gasteiger partial charge < -0.3 is 20.1 Å². The van der Waals surface area contributed by atoms with Crippen LogP contribution in [0.15, 0.2) is 55.1 Å². The summed E-state index contributed by atoms with van der Waals surface area (Å²) in [6.45, 7) is 2.22. The maximum absolute atomic E-state index is 10.6. The molecule has 1 saturated heterocycles. The molecule has 0 unspecified atom stereocenters. The number of carbonyl (C=O) groups is 1. The van der Waals surface area contributed by atoms with E-state index in [9.17, 15) is 13.2 Å². The zero-order valence-corrected chi connectivity index (χ0v) is 17.7. The first kappa shape index (κ1) is 24.0. The van der Waals surface area contributed by atoms with Crippen LogP contribution < -0.4 is 10.1 Å². The maximum Gasteiger partial charge on any atom is 0.490 e. The van der Waals surface area contributed by atoms with Crippen molar-refractivity contribution in [3.05, 3.63) is 55.1 Å². The molecule has 0 spiro atoms. The quantitative estimate of drug-likeness (QED) is 0.581. The van der Waals surface area contributed by atoms with E-state index >= 15 is 0 Å². The summed E-state index contributed by atoms with van der Waals surface area (Å²) in [4.78, 5) is 19.7. The molecule has 33 heavy (non-hydrogen) atoms. The van der Waals surface area contributed by atoms with E-state index in [-0.39, 0.29) is 0 Å². The molecular weight excluding hydrogens is 441 g/mol. The van der Waals surface area contributed by atoms with Gasteiger partial charge in [0.15, 0.2) is 0 Å². The molecule has 2 aromatic heterocycles. The maximum atomic E-state index is 10.6. The lowest BCUT2D eigenvalue weighted by Gasteiger charge is -2.28. The summed E-state index contributed by atoms with van der Waals surface area (Å²) in [5.74, 6) is -0.843. The van der Waals surface area contributed by atoms with E-state index in [4.69, 9.17) is 14.6 Å². The van der Waals surface area contributed by atoms with Gasteiger partial charge in [-0.3, -0.25) is 4.68 Å². The van der Waals surface area contributed by atoms with Gasteiger partial charge in [-0.2, -0.15) is 18.3 Å². The van der Waals surface area contributed by atoms with Gasteiger partial charge in [-0.1, -0.05) is 18.2 Å². The fourth-order valence-electron chi connectivity index (χ4n) is 3.08. The van der Waals surface area contributed by atoms with Crippen LogP contribution in [0.3, 0.4) is 0 Å². The minimum Gasteiger partial charge on any atom is -0.475 e. The number of benzene rings is 1. The third kappa shape index (κ3) is 7.45. The standard InChI is InChI=1S/C19H22N6O.C2HF3O2/c1-24-9-7-16(8-10-24)25-13-15(12-22-25)23-18-11-19(21-14-20-18)26-17-5-3-2-4-6-17;3-2(4,5)1(6)7/h2-6,11-14,16H,7-10H2,1H3,(H,20,21,23);(H,6,7). The summed E-state index contributed by atoms with van der Waals surface area (Å²) in [6.07, 6.45) is 2.52. The highest BCUT2D eigenvalue weighted by Gasteiger charge is 2.38. The Balaban J connectivity index is 0.000000383. The van der Waals surface area contributed by atoms with Gasteiger partial charge in [-0.25, -0.2) is 14.8 Å². The lowest BCUT2D eigenvalue weighted by atomic mass is 10.1. The number of carboxylic acid groups (broad SMARTS) is 1. The highest BCUT2D eigenvalue weighted by Crippen LogP contribution is 2.25. The van der Waals surface area contributed by atoms with E-state index in [2.05, 4.69) is 37.0 Å². The fraction of sp³-hybridized carbons (Fsp3) is 0.333. The van der Waals surface area contributed by atoms with Crippen LogP contribution in [0.1, 0.15) is 18.9 Å². The van der Waals surface area contributed by atoms with Crippen molar-refractivity contribution in [1.82, 2.24) is 24.6 Å². The minimum atomic E-state index is -5.08. The zero-order valence-electron chi connectivity index (χ0n) is 17.7. The number of halogens is 3. The highest BCUT2D eigenvalue weighted by atomic mass is 19.4. The number of ether oxygens (including phenoxy) is 1. The number of hydrogen-bond donors (Lipinski definition) is 2. The first-order valence-corrected chi connectivity index (χ1v) is 10.1. The van der Waals surface area contributed by atoms with Gasteiger partial charge in [0.1, 0.15) is 17.9 Å². The van der Waals surface area contributed by atoms with Crippen molar-refractivity contribution in [3.63, 3.8) is 0 Å². The molecule has 176 valence electrons. The van der Waals surface area contributed by atoms with Gasteiger partial charge in [-0.15, -0.1) is 0 Å². The van der Waals surface area contributed by atoms with Gasteiger partial charge >= 0.3 is 12.1 Å². The molecule has 4 rings (SSSR count). The monoisotopic (exact) mass is 464 g/mol. The lowest BCUT2D eigenvalue weighted by Crippen LogP contribution is -2.31. The van der Waals surface area contributed by atoms with Crippen LogP contribution in [0.2, 0.25) is 0 Å². The summed E-state index contributed by atoms with van der Waals surface area (Å²) in [5, 5.41) is 14.9. The van der Waals surface area contributed by atoms with Gasteiger partial charge in [0.05, 0.1) is 17.9 Å². The summed E-state index contributed by atoms with van der Waals surface area (Å²) >= 11 is 0. The largest absolute Gasteiger partial charge is 0.490 e. The molecule has 1 aromatic carbocycles. The topological polar surface area (TPSA) is 105 Å². The van der Waals surface area contributed by atoms with E-state index in [1.807, 2.05) is 42.7 Å². The third-order valence-corrected chi connectivity index (χ3v) is 4.79. The van der Waals surface area contributed by atoms with Gasteiger partial charge in [-0.05, 0) is 45.1 Å². The van der Waals surface area contributed by atoms with Crippen LogP contribution in [0.5, 0.6) is 11.6 Å². The molecule has 0 atom stereocenters. The van der Waals surface area contributed by atoms with Crippen molar-refractivity contribution in [2.24, 2.45) is 0 Å². The Bertz CT molecular complexity index is 1040. The number of anilines is 2. The average molecular weight is 464 g/mol. The second-order valence-corrected chi connectivity index (χ2v) is 7.33. The lowest BCUT2D eigenvalue weighted by molar-refractivity contribution is -0.192. The summed E-state index contributed by atoms with van der Waals surface area (Å²) in [6, 6.07) is 11.8. The minimum absolute atomic E-state index is 0.462. The summed E-state index contributed by atoms with van der Waals surface area (Å²) in [5.41, 5.74) is 0.910. The molecule has 12 heteroatoms. The number of nitrogens with zero attached hydrogens (tertiary/aromatic N) is 5. The number of piperidine rings is 1. The Morgan fingerprint density at radius 3 is 2.48 bits per heavy atom. The molecule has 2 N–H and O–H groups in total. The van der Waals surface area contributed by atoms with Crippen molar-refractivity contribution in [2.45, 2.75) is 25.1 Å². The van der Waals surface area contributed by atoms with Gasteiger partial charge in [0.25, 0.3) is 0 Å². The number of alkyl halides is 3. The predicted octanol–water partition coefficient (Wildman–Crippen LogP) is 4.11. The normalized spacial score (nSPS) is 14.8. The zero-order chi connectivity index (χ0) is 23.8. The van der Waals surface area contributed by atoms with Crippen molar-refractivity contribution in [1.29, 1.82) is 0 Å². The number of nitrogens with one attached hydrogen (secondary N) is 1. The van der Waals surface area contributed by atoms with Crippen molar-refractivity contribution in [2.75, 3.05) is 25.5 Å². The number of aliphatic carboxylic acids is 1. The van der Waals surface area contributed by atoms with E-state index in [1.165, 1.54) is 6.33 Å². The van der Waals surface area contributed by atoms with Crippen LogP contribution in [0.4, 0.5) is 24.7 Å².